The topological polar surface area (TPSA) is 24.1 Å². The van der Waals surface area contributed by atoms with Gasteiger partial charge < -0.3 is 10.6 Å². The lowest BCUT2D eigenvalue weighted by molar-refractivity contribution is -0.143. The molecule has 0 radical (unpaired) electrons. The molecule has 0 saturated carbocycles. The minimum absolute atomic E-state index is 0.386. The molecule has 10 heteroatoms. The molecule has 25 heavy (non-hydrogen) atoms. The monoisotopic (exact) mass is 382 g/mol. The van der Waals surface area contributed by atoms with Crippen molar-refractivity contribution < 1.29 is 30.7 Å². The maximum Gasteiger partial charge on any atom is 0.422 e. The Morgan fingerprint density at radius 3 is 1.76 bits per heavy atom. The van der Waals surface area contributed by atoms with Gasteiger partial charge in [-0.1, -0.05) is 17.7 Å². The van der Waals surface area contributed by atoms with Crippen LogP contribution >= 0.6 is 12.2 Å². The lowest BCUT2D eigenvalue weighted by atomic mass is 10.1. The standard InChI is InChI=1S/C15H9F7N2S/c1-6-2-4-7(5-3-6)23-14(25)24-13-11(18)9(16)8(15(20,21)22)10(17)12(13)19/h2-5H,1H3,(H2,23,24,25). The molecule has 0 saturated heterocycles. The van der Waals surface area contributed by atoms with Crippen LogP contribution in [0.3, 0.4) is 0 Å². The zero-order chi connectivity index (χ0) is 18.9. The van der Waals surface area contributed by atoms with Crippen molar-refractivity contribution >= 4 is 28.7 Å². The lowest BCUT2D eigenvalue weighted by Crippen LogP contribution is -2.23. The SMILES string of the molecule is Cc1ccc(NC(=S)Nc2c(F)c(F)c(C(F)(F)F)c(F)c2F)cc1. The summed E-state index contributed by atoms with van der Waals surface area (Å²) >= 11 is 4.74. The van der Waals surface area contributed by atoms with Crippen molar-refractivity contribution in [1.29, 1.82) is 0 Å². The fraction of sp³-hybridized carbons (Fsp3) is 0.133. The molecule has 134 valence electrons. The van der Waals surface area contributed by atoms with Crippen LogP contribution in [0.5, 0.6) is 0 Å². The zero-order valence-electron chi connectivity index (χ0n) is 12.4. The highest BCUT2D eigenvalue weighted by molar-refractivity contribution is 7.80. The molecule has 2 aromatic carbocycles. The first-order valence-electron chi connectivity index (χ1n) is 6.60. The van der Waals surface area contributed by atoms with E-state index in [1.165, 1.54) is 0 Å². The number of hydrogen-bond donors (Lipinski definition) is 2. The van der Waals surface area contributed by atoms with Gasteiger partial charge in [-0.05, 0) is 31.3 Å². The van der Waals surface area contributed by atoms with Gasteiger partial charge in [0.2, 0.25) is 0 Å². The molecule has 0 aromatic heterocycles. The van der Waals surface area contributed by atoms with Crippen LogP contribution in [0.1, 0.15) is 11.1 Å². The Morgan fingerprint density at radius 1 is 0.840 bits per heavy atom. The van der Waals surface area contributed by atoms with Crippen LogP contribution in [0.15, 0.2) is 24.3 Å². The summed E-state index contributed by atoms with van der Waals surface area (Å²) in [4.78, 5) is 0. The first-order chi connectivity index (χ1) is 11.5. The maximum atomic E-state index is 13.8. The summed E-state index contributed by atoms with van der Waals surface area (Å²) in [6.45, 7) is 1.80. The summed E-state index contributed by atoms with van der Waals surface area (Å²) < 4.78 is 92.1. The van der Waals surface area contributed by atoms with Crippen molar-refractivity contribution in [1.82, 2.24) is 0 Å². The molecule has 0 aliphatic heterocycles. The number of halogens is 7. The van der Waals surface area contributed by atoms with Gasteiger partial charge in [0.15, 0.2) is 28.4 Å². The fourth-order valence-electron chi connectivity index (χ4n) is 1.90. The van der Waals surface area contributed by atoms with Gasteiger partial charge in [0, 0.05) is 5.69 Å². The predicted molar refractivity (Wildman–Crippen MR) is 82.3 cm³/mol. The van der Waals surface area contributed by atoms with Crippen LogP contribution in [-0.4, -0.2) is 5.11 Å². The number of nitrogens with one attached hydrogen (secondary N) is 2. The molecule has 0 spiro atoms. The number of alkyl halides is 3. The molecule has 0 aliphatic carbocycles. The second kappa shape index (κ2) is 6.87. The summed E-state index contributed by atoms with van der Waals surface area (Å²) in [7, 11) is 0. The van der Waals surface area contributed by atoms with E-state index in [4.69, 9.17) is 12.2 Å². The molecule has 2 aromatic rings. The number of benzene rings is 2. The van der Waals surface area contributed by atoms with Gasteiger partial charge >= 0.3 is 6.18 Å². The minimum Gasteiger partial charge on any atom is -0.332 e. The van der Waals surface area contributed by atoms with E-state index in [1.807, 2.05) is 5.32 Å². The average Bonchev–Trinajstić information content (AvgIpc) is 2.51. The van der Waals surface area contributed by atoms with Crippen LogP contribution in [-0.2, 0) is 6.18 Å². The Balaban J connectivity index is 2.34. The van der Waals surface area contributed by atoms with Crippen LogP contribution in [0.25, 0.3) is 0 Å². The first-order valence-corrected chi connectivity index (χ1v) is 7.01. The van der Waals surface area contributed by atoms with Crippen molar-refractivity contribution in [2.24, 2.45) is 0 Å². The molecule has 0 aliphatic rings. The molecule has 0 fully saturated rings. The highest BCUT2D eigenvalue weighted by Crippen LogP contribution is 2.38. The van der Waals surface area contributed by atoms with Crippen LogP contribution in [0.2, 0.25) is 0 Å². The van der Waals surface area contributed by atoms with Gasteiger partial charge in [-0.2, -0.15) is 13.2 Å². The van der Waals surface area contributed by atoms with E-state index in [-0.39, 0.29) is 0 Å². The van der Waals surface area contributed by atoms with Crippen LogP contribution in [0.4, 0.5) is 42.1 Å². The summed E-state index contributed by atoms with van der Waals surface area (Å²) in [6.07, 6.45) is -5.60. The van der Waals surface area contributed by atoms with Crippen molar-refractivity contribution in [3.63, 3.8) is 0 Å². The quantitative estimate of drug-likeness (QED) is 0.414. The van der Waals surface area contributed by atoms with E-state index >= 15 is 0 Å². The van der Waals surface area contributed by atoms with Gasteiger partial charge in [-0.25, -0.2) is 17.6 Å². The molecule has 0 atom stereocenters. The number of thiocarbonyl (C=S) groups is 1. The van der Waals surface area contributed by atoms with E-state index in [9.17, 15) is 30.7 Å². The van der Waals surface area contributed by atoms with Crippen molar-refractivity contribution in [2.75, 3.05) is 10.6 Å². The van der Waals surface area contributed by atoms with Gasteiger partial charge in [0.1, 0.15) is 11.3 Å². The highest BCUT2D eigenvalue weighted by atomic mass is 32.1. The molecule has 2 rings (SSSR count). The molecule has 0 heterocycles. The summed E-state index contributed by atoms with van der Waals surface area (Å²) in [5, 5.41) is 3.83. The van der Waals surface area contributed by atoms with Crippen molar-refractivity contribution in [3.05, 3.63) is 58.7 Å². The van der Waals surface area contributed by atoms with E-state index < -0.39 is 45.8 Å². The van der Waals surface area contributed by atoms with Gasteiger partial charge in [0.25, 0.3) is 0 Å². The Morgan fingerprint density at radius 2 is 1.32 bits per heavy atom. The molecular formula is C15H9F7N2S. The normalized spacial score (nSPS) is 11.4. The maximum absolute atomic E-state index is 13.8. The molecule has 2 N–H and O–H groups in total. The van der Waals surface area contributed by atoms with Crippen LogP contribution < -0.4 is 10.6 Å². The number of rotatable bonds is 2. The number of aryl methyl sites for hydroxylation is 1. The second-order valence-electron chi connectivity index (χ2n) is 4.95. The Kier molecular flexibility index (Phi) is 5.21. The number of hydrogen-bond acceptors (Lipinski definition) is 1. The Bertz CT molecular complexity index is 787. The van der Waals surface area contributed by atoms with Crippen molar-refractivity contribution in [2.45, 2.75) is 13.1 Å². The number of anilines is 2. The summed E-state index contributed by atoms with van der Waals surface area (Å²) in [6, 6.07) is 6.49. The van der Waals surface area contributed by atoms with Gasteiger partial charge in [-0.3, -0.25) is 0 Å². The predicted octanol–water partition coefficient (Wildman–Crippen LogP) is 5.38. The van der Waals surface area contributed by atoms with E-state index in [1.54, 1.807) is 31.2 Å². The summed E-state index contributed by atoms with van der Waals surface area (Å²) in [5.41, 5.74) is -2.82. The molecular weight excluding hydrogens is 373 g/mol. The average molecular weight is 382 g/mol. The molecule has 0 amide bonds. The van der Waals surface area contributed by atoms with Crippen molar-refractivity contribution in [3.8, 4) is 0 Å². The second-order valence-corrected chi connectivity index (χ2v) is 5.36. The third-order valence-corrected chi connectivity index (χ3v) is 3.30. The third-order valence-electron chi connectivity index (χ3n) is 3.09. The van der Waals surface area contributed by atoms with E-state index in [0.717, 1.165) is 5.56 Å². The largest absolute Gasteiger partial charge is 0.422 e. The van der Waals surface area contributed by atoms with Gasteiger partial charge in [0.05, 0.1) is 0 Å². The fourth-order valence-corrected chi connectivity index (χ4v) is 2.12. The van der Waals surface area contributed by atoms with E-state index in [2.05, 4.69) is 5.32 Å². The minimum atomic E-state index is -5.60. The van der Waals surface area contributed by atoms with E-state index in [0.29, 0.717) is 5.69 Å². The molecule has 0 bridgehead atoms. The molecule has 0 unspecified atom stereocenters. The molecule has 2 nitrogen and oxygen atoms in total. The Hall–Kier alpha value is -2.36. The zero-order valence-corrected chi connectivity index (χ0v) is 13.2. The summed E-state index contributed by atoms with van der Waals surface area (Å²) in [5.74, 6) is -9.60. The lowest BCUT2D eigenvalue weighted by Gasteiger charge is -2.16. The third kappa shape index (κ3) is 4.01. The highest BCUT2D eigenvalue weighted by Gasteiger charge is 2.42. The van der Waals surface area contributed by atoms with Gasteiger partial charge in [-0.15, -0.1) is 0 Å². The smallest absolute Gasteiger partial charge is 0.332 e. The Labute approximate surface area is 142 Å². The van der Waals surface area contributed by atoms with Crippen LogP contribution in [0, 0.1) is 30.2 Å². The first kappa shape index (κ1) is 19.0.